The molecule has 0 aromatic carbocycles. The Kier molecular flexibility index (Phi) is 6.69. The molecule has 1 N–H and O–H groups in total. The van der Waals surface area contributed by atoms with Crippen molar-refractivity contribution in [3.8, 4) is 0 Å². The van der Waals surface area contributed by atoms with Crippen molar-refractivity contribution in [1.29, 1.82) is 0 Å². The lowest BCUT2D eigenvalue weighted by atomic mass is 10.2. The predicted molar refractivity (Wildman–Crippen MR) is 73.2 cm³/mol. The van der Waals surface area contributed by atoms with Crippen molar-refractivity contribution < 1.29 is 14.6 Å². The molecule has 1 aliphatic rings. The number of hydrogen-bond donors (Lipinski definition) is 1. The fraction of sp³-hybridized carbons (Fsp3) is 0.909. The van der Waals surface area contributed by atoms with E-state index in [1.165, 1.54) is 11.5 Å². The summed E-state index contributed by atoms with van der Waals surface area (Å²) in [7, 11) is 0. The molecule has 0 aromatic heterocycles. The van der Waals surface area contributed by atoms with Gasteiger partial charge in [0.25, 0.3) is 0 Å². The van der Waals surface area contributed by atoms with Gasteiger partial charge in [-0.2, -0.15) is 0 Å². The number of hydrogen-bond acceptors (Lipinski definition) is 6. The first-order chi connectivity index (χ1) is 7.97. The van der Waals surface area contributed by atoms with Gasteiger partial charge in [-0.05, 0) is 13.8 Å². The molecule has 1 rings (SSSR count). The maximum absolute atomic E-state index is 11.4. The Balaban J connectivity index is 2.14. The number of rotatable bonds is 5. The number of esters is 1. The van der Waals surface area contributed by atoms with Gasteiger partial charge in [0.2, 0.25) is 0 Å². The minimum absolute atomic E-state index is 0.0648. The molecule has 0 unspecified atom stereocenters. The topological polar surface area (TPSA) is 49.8 Å². The van der Waals surface area contributed by atoms with E-state index in [4.69, 9.17) is 4.74 Å². The van der Waals surface area contributed by atoms with Crippen LogP contribution < -0.4 is 0 Å². The zero-order valence-corrected chi connectivity index (χ0v) is 12.1. The van der Waals surface area contributed by atoms with E-state index in [1.807, 2.05) is 23.5 Å². The minimum atomic E-state index is -0.941. The normalized spacial score (nSPS) is 18.8. The number of ether oxygens (including phenoxy) is 1. The molecule has 17 heavy (non-hydrogen) atoms. The van der Waals surface area contributed by atoms with E-state index < -0.39 is 5.60 Å². The maximum Gasteiger partial charge on any atom is 0.307 e. The van der Waals surface area contributed by atoms with Crippen LogP contribution in [0.25, 0.3) is 0 Å². The summed E-state index contributed by atoms with van der Waals surface area (Å²) in [6.07, 6.45) is 0.400. The van der Waals surface area contributed by atoms with Gasteiger partial charge in [-0.25, -0.2) is 0 Å². The van der Waals surface area contributed by atoms with Crippen molar-refractivity contribution in [1.82, 2.24) is 4.90 Å². The molecule has 1 aliphatic heterocycles. The van der Waals surface area contributed by atoms with Crippen LogP contribution in [0.5, 0.6) is 0 Å². The molecular formula is C11H21NO3S2. The first-order valence-corrected chi connectivity index (χ1v) is 8.04. The Labute approximate surface area is 111 Å². The molecule has 0 aromatic rings. The van der Waals surface area contributed by atoms with E-state index in [1.54, 1.807) is 13.8 Å². The van der Waals surface area contributed by atoms with E-state index >= 15 is 0 Å². The minimum Gasteiger partial charge on any atom is -0.463 e. The van der Waals surface area contributed by atoms with Gasteiger partial charge >= 0.3 is 5.97 Å². The van der Waals surface area contributed by atoms with Gasteiger partial charge in [0.05, 0.1) is 12.0 Å². The van der Waals surface area contributed by atoms with Crippen LogP contribution in [-0.4, -0.2) is 58.0 Å². The van der Waals surface area contributed by atoms with Crippen LogP contribution in [0.2, 0.25) is 0 Å². The van der Waals surface area contributed by atoms with Crippen LogP contribution in [0.4, 0.5) is 0 Å². The SMILES string of the molecule is CC(C)(O)COC(=O)CCN1CSCCSC1. The lowest BCUT2D eigenvalue weighted by Gasteiger charge is -2.19. The summed E-state index contributed by atoms with van der Waals surface area (Å²) in [6.45, 7) is 4.06. The average Bonchev–Trinajstić information content (AvgIpc) is 2.51. The van der Waals surface area contributed by atoms with Gasteiger partial charge in [-0.1, -0.05) is 0 Å². The summed E-state index contributed by atoms with van der Waals surface area (Å²) >= 11 is 3.81. The van der Waals surface area contributed by atoms with Crippen molar-refractivity contribution in [3.63, 3.8) is 0 Å². The van der Waals surface area contributed by atoms with Gasteiger partial charge in [-0.15, -0.1) is 23.5 Å². The van der Waals surface area contributed by atoms with Crippen LogP contribution in [-0.2, 0) is 9.53 Å². The van der Waals surface area contributed by atoms with Crippen molar-refractivity contribution in [2.75, 3.05) is 36.4 Å². The number of carbonyl (C=O) groups is 1. The van der Waals surface area contributed by atoms with E-state index in [-0.39, 0.29) is 12.6 Å². The zero-order valence-electron chi connectivity index (χ0n) is 10.5. The van der Waals surface area contributed by atoms with Crippen LogP contribution in [0.3, 0.4) is 0 Å². The fourth-order valence-corrected chi connectivity index (χ4v) is 3.52. The quantitative estimate of drug-likeness (QED) is 0.768. The second kappa shape index (κ2) is 7.51. The van der Waals surface area contributed by atoms with Crippen molar-refractivity contribution in [2.24, 2.45) is 0 Å². The summed E-state index contributed by atoms with van der Waals surface area (Å²) in [6, 6.07) is 0. The molecule has 0 spiro atoms. The van der Waals surface area contributed by atoms with Crippen molar-refractivity contribution in [2.45, 2.75) is 25.9 Å². The highest BCUT2D eigenvalue weighted by Gasteiger charge is 2.16. The molecule has 4 nitrogen and oxygen atoms in total. The summed E-state index contributed by atoms with van der Waals surface area (Å²) in [5.74, 6) is 4.12. The average molecular weight is 279 g/mol. The highest BCUT2D eigenvalue weighted by molar-refractivity contribution is 8.03. The molecule has 0 amide bonds. The number of carbonyl (C=O) groups excluding carboxylic acids is 1. The molecule has 0 saturated carbocycles. The summed E-state index contributed by atoms with van der Waals surface area (Å²) in [4.78, 5) is 13.7. The van der Waals surface area contributed by atoms with Crippen LogP contribution >= 0.6 is 23.5 Å². The van der Waals surface area contributed by atoms with E-state index in [0.29, 0.717) is 6.42 Å². The summed E-state index contributed by atoms with van der Waals surface area (Å²) < 4.78 is 5.00. The Bertz CT molecular complexity index is 235. The number of nitrogens with zero attached hydrogens (tertiary/aromatic N) is 1. The Morgan fingerprint density at radius 2 is 1.94 bits per heavy atom. The van der Waals surface area contributed by atoms with Crippen LogP contribution in [0.15, 0.2) is 0 Å². The van der Waals surface area contributed by atoms with Gasteiger partial charge in [0.1, 0.15) is 6.61 Å². The molecule has 1 fully saturated rings. The van der Waals surface area contributed by atoms with E-state index in [9.17, 15) is 9.90 Å². The van der Waals surface area contributed by atoms with Gasteiger partial charge in [0.15, 0.2) is 0 Å². The van der Waals surface area contributed by atoms with E-state index in [2.05, 4.69) is 4.90 Å². The molecule has 0 atom stereocenters. The second-order valence-corrected chi connectivity index (χ2v) is 6.84. The van der Waals surface area contributed by atoms with Crippen molar-refractivity contribution in [3.05, 3.63) is 0 Å². The fourth-order valence-electron chi connectivity index (χ4n) is 1.25. The second-order valence-electron chi connectivity index (χ2n) is 4.69. The third-order valence-electron chi connectivity index (χ3n) is 2.14. The van der Waals surface area contributed by atoms with Gasteiger partial charge in [-0.3, -0.25) is 9.69 Å². The van der Waals surface area contributed by atoms with Gasteiger partial charge < -0.3 is 9.84 Å². The first kappa shape index (κ1) is 15.1. The Morgan fingerprint density at radius 3 is 2.47 bits per heavy atom. The summed E-state index contributed by atoms with van der Waals surface area (Å²) in [5.41, 5.74) is -0.941. The molecular weight excluding hydrogens is 258 g/mol. The number of thioether (sulfide) groups is 2. The van der Waals surface area contributed by atoms with Crippen LogP contribution in [0, 0.1) is 0 Å². The predicted octanol–water partition coefficient (Wildman–Crippen LogP) is 1.39. The smallest absolute Gasteiger partial charge is 0.307 e. The number of aliphatic hydroxyl groups is 1. The standard InChI is InChI=1S/C11H21NO3S2/c1-11(2,14)7-15-10(13)3-4-12-8-16-5-6-17-9-12/h14H,3-9H2,1-2H3. The lowest BCUT2D eigenvalue weighted by molar-refractivity contribution is -0.150. The van der Waals surface area contributed by atoms with E-state index in [0.717, 1.165) is 18.3 Å². The van der Waals surface area contributed by atoms with Gasteiger partial charge in [0, 0.05) is 29.8 Å². The highest BCUT2D eigenvalue weighted by atomic mass is 32.2. The Hall–Kier alpha value is 0.0900. The molecule has 0 radical (unpaired) electrons. The highest BCUT2D eigenvalue weighted by Crippen LogP contribution is 2.17. The molecule has 1 heterocycles. The third-order valence-corrected chi connectivity index (χ3v) is 4.48. The van der Waals surface area contributed by atoms with Crippen molar-refractivity contribution >= 4 is 29.5 Å². The largest absolute Gasteiger partial charge is 0.463 e. The lowest BCUT2D eigenvalue weighted by Crippen LogP contribution is -2.30. The maximum atomic E-state index is 11.4. The molecule has 6 heteroatoms. The molecule has 100 valence electrons. The van der Waals surface area contributed by atoms with Crippen LogP contribution in [0.1, 0.15) is 20.3 Å². The summed E-state index contributed by atoms with van der Waals surface area (Å²) in [5, 5.41) is 9.43. The molecule has 0 bridgehead atoms. The third kappa shape index (κ3) is 7.91. The monoisotopic (exact) mass is 279 g/mol. The first-order valence-electron chi connectivity index (χ1n) is 5.73. The Morgan fingerprint density at radius 1 is 1.35 bits per heavy atom. The molecule has 0 aliphatic carbocycles. The zero-order chi connectivity index (χ0) is 12.7. The molecule has 1 saturated heterocycles.